The molecule has 1 aliphatic heterocycles. The second-order valence-corrected chi connectivity index (χ2v) is 6.05. The number of aromatic nitrogens is 2. The average molecular weight is 360 g/mol. The molecule has 1 aromatic rings. The number of hydrogen-bond acceptors (Lipinski definition) is 5. The molecule has 1 aromatic heterocycles. The van der Waals surface area contributed by atoms with Gasteiger partial charge in [-0.1, -0.05) is 0 Å². The van der Waals surface area contributed by atoms with Crippen LogP contribution in [0.15, 0.2) is 12.4 Å². The molecule has 6 heteroatoms. The summed E-state index contributed by atoms with van der Waals surface area (Å²) in [7, 11) is 0. The van der Waals surface area contributed by atoms with Crippen LogP contribution >= 0.6 is 22.6 Å². The Morgan fingerprint density at radius 1 is 1.39 bits per heavy atom. The highest BCUT2D eigenvalue weighted by atomic mass is 127. The van der Waals surface area contributed by atoms with Crippen molar-refractivity contribution in [3.63, 3.8) is 0 Å². The number of halogens is 1. The molecule has 0 bridgehead atoms. The summed E-state index contributed by atoms with van der Waals surface area (Å²) in [6, 6.07) is 1.07. The molecule has 98 valence electrons. The summed E-state index contributed by atoms with van der Waals surface area (Å²) in [5.74, 6) is 0.821. The minimum atomic E-state index is 0.347. The molecule has 1 saturated heterocycles. The Kier molecular flexibility index (Phi) is 3.95. The Balaban J connectivity index is 1.67. The van der Waals surface area contributed by atoms with Crippen LogP contribution in [0.5, 0.6) is 0 Å². The van der Waals surface area contributed by atoms with Gasteiger partial charge in [0.2, 0.25) is 5.95 Å². The molecule has 18 heavy (non-hydrogen) atoms. The molecular weight excluding hydrogens is 343 g/mol. The van der Waals surface area contributed by atoms with E-state index in [1.165, 1.54) is 12.8 Å². The van der Waals surface area contributed by atoms with Crippen molar-refractivity contribution in [3.05, 3.63) is 16.0 Å². The fourth-order valence-corrected chi connectivity index (χ4v) is 2.41. The van der Waals surface area contributed by atoms with Gasteiger partial charge in [-0.15, -0.1) is 0 Å². The maximum absolute atomic E-state index is 5.57. The van der Waals surface area contributed by atoms with E-state index in [9.17, 15) is 0 Å². The van der Waals surface area contributed by atoms with Gasteiger partial charge in [0, 0.05) is 35.1 Å². The molecule has 0 amide bonds. The topological polar surface area (TPSA) is 50.3 Å². The number of ether oxygens (including phenoxy) is 1. The number of morpholine rings is 1. The van der Waals surface area contributed by atoms with E-state index < -0.39 is 0 Å². The van der Waals surface area contributed by atoms with Crippen LogP contribution in [0, 0.1) is 3.57 Å². The van der Waals surface area contributed by atoms with Crippen molar-refractivity contribution in [2.75, 3.05) is 31.2 Å². The normalized spacial score (nSPS) is 24.3. The van der Waals surface area contributed by atoms with Crippen LogP contribution in [0.3, 0.4) is 0 Å². The maximum Gasteiger partial charge on any atom is 0.225 e. The Hall–Kier alpha value is -0.470. The first-order chi connectivity index (χ1) is 8.83. The predicted octanol–water partition coefficient (Wildman–Crippen LogP) is 1.04. The SMILES string of the molecule is Ic1cnc(N2CCOCC2CNC2CC2)nc1. The minimum absolute atomic E-state index is 0.347. The van der Waals surface area contributed by atoms with Crippen LogP contribution in [0.4, 0.5) is 5.95 Å². The fourth-order valence-electron chi connectivity index (χ4n) is 2.13. The summed E-state index contributed by atoms with van der Waals surface area (Å²) < 4.78 is 6.64. The quantitative estimate of drug-likeness (QED) is 0.814. The van der Waals surface area contributed by atoms with Gasteiger partial charge in [-0.3, -0.25) is 0 Å². The third kappa shape index (κ3) is 3.10. The van der Waals surface area contributed by atoms with E-state index in [1.54, 1.807) is 0 Å². The number of nitrogens with zero attached hydrogens (tertiary/aromatic N) is 3. The highest BCUT2D eigenvalue weighted by molar-refractivity contribution is 14.1. The van der Waals surface area contributed by atoms with Gasteiger partial charge in [-0.05, 0) is 35.4 Å². The van der Waals surface area contributed by atoms with E-state index in [0.29, 0.717) is 6.04 Å². The van der Waals surface area contributed by atoms with Crippen LogP contribution in [0.2, 0.25) is 0 Å². The maximum atomic E-state index is 5.57. The van der Waals surface area contributed by atoms with Crippen molar-refractivity contribution in [2.45, 2.75) is 24.9 Å². The van der Waals surface area contributed by atoms with Crippen molar-refractivity contribution in [1.82, 2.24) is 15.3 Å². The lowest BCUT2D eigenvalue weighted by molar-refractivity contribution is 0.0928. The van der Waals surface area contributed by atoms with Crippen LogP contribution in [0.1, 0.15) is 12.8 Å². The molecule has 1 unspecified atom stereocenters. The molecule has 1 aliphatic carbocycles. The molecule has 2 aliphatic rings. The molecule has 0 radical (unpaired) electrons. The van der Waals surface area contributed by atoms with E-state index in [4.69, 9.17) is 4.74 Å². The highest BCUT2D eigenvalue weighted by Gasteiger charge is 2.28. The number of anilines is 1. The van der Waals surface area contributed by atoms with Crippen LogP contribution in [-0.4, -0.2) is 48.4 Å². The number of nitrogens with one attached hydrogen (secondary N) is 1. The number of rotatable bonds is 4. The van der Waals surface area contributed by atoms with Crippen molar-refractivity contribution in [1.29, 1.82) is 0 Å². The summed E-state index contributed by atoms with van der Waals surface area (Å²) in [5.41, 5.74) is 0. The molecule has 1 atom stereocenters. The minimum Gasteiger partial charge on any atom is -0.377 e. The Bertz CT molecular complexity index is 396. The lowest BCUT2D eigenvalue weighted by Crippen LogP contribution is -2.51. The lowest BCUT2D eigenvalue weighted by atomic mass is 10.2. The zero-order chi connectivity index (χ0) is 12.4. The largest absolute Gasteiger partial charge is 0.377 e. The van der Waals surface area contributed by atoms with Gasteiger partial charge >= 0.3 is 0 Å². The third-order valence-electron chi connectivity index (χ3n) is 3.31. The second kappa shape index (κ2) is 5.66. The summed E-state index contributed by atoms with van der Waals surface area (Å²) >= 11 is 2.23. The summed E-state index contributed by atoms with van der Waals surface area (Å²) in [4.78, 5) is 11.1. The summed E-state index contributed by atoms with van der Waals surface area (Å²) in [6.45, 7) is 3.35. The van der Waals surface area contributed by atoms with E-state index in [1.807, 2.05) is 12.4 Å². The van der Waals surface area contributed by atoms with Gasteiger partial charge < -0.3 is 15.0 Å². The molecule has 0 aromatic carbocycles. The molecule has 2 heterocycles. The first kappa shape index (κ1) is 12.6. The Labute approximate surface area is 120 Å². The van der Waals surface area contributed by atoms with E-state index in [-0.39, 0.29) is 0 Å². The molecule has 1 N–H and O–H groups in total. The third-order valence-corrected chi connectivity index (χ3v) is 3.87. The lowest BCUT2D eigenvalue weighted by Gasteiger charge is -2.35. The standard InChI is InChI=1S/C12H17IN4O/c13-9-5-15-12(16-6-9)17-3-4-18-8-11(17)7-14-10-1-2-10/h5-6,10-11,14H,1-4,7-8H2. The van der Waals surface area contributed by atoms with Crippen molar-refractivity contribution in [2.24, 2.45) is 0 Å². The predicted molar refractivity (Wildman–Crippen MR) is 77.7 cm³/mol. The summed E-state index contributed by atoms with van der Waals surface area (Å²) in [5, 5.41) is 3.56. The van der Waals surface area contributed by atoms with Gasteiger partial charge in [0.15, 0.2) is 0 Å². The molecule has 3 rings (SSSR count). The monoisotopic (exact) mass is 360 g/mol. The zero-order valence-corrected chi connectivity index (χ0v) is 12.3. The number of hydrogen-bond donors (Lipinski definition) is 1. The smallest absolute Gasteiger partial charge is 0.225 e. The van der Waals surface area contributed by atoms with Crippen LogP contribution in [0.25, 0.3) is 0 Å². The molecule has 2 fully saturated rings. The van der Waals surface area contributed by atoms with E-state index in [2.05, 4.69) is 42.8 Å². The van der Waals surface area contributed by atoms with Gasteiger partial charge in [-0.25, -0.2) is 9.97 Å². The van der Waals surface area contributed by atoms with Crippen molar-refractivity contribution in [3.8, 4) is 0 Å². The molecular formula is C12H17IN4O. The zero-order valence-electron chi connectivity index (χ0n) is 10.2. The second-order valence-electron chi connectivity index (χ2n) is 4.81. The van der Waals surface area contributed by atoms with E-state index >= 15 is 0 Å². The van der Waals surface area contributed by atoms with Crippen molar-refractivity contribution < 1.29 is 4.74 Å². The Morgan fingerprint density at radius 2 is 2.17 bits per heavy atom. The summed E-state index contributed by atoms with van der Waals surface area (Å²) in [6.07, 6.45) is 6.36. The molecule has 5 nitrogen and oxygen atoms in total. The van der Waals surface area contributed by atoms with Gasteiger partial charge in [-0.2, -0.15) is 0 Å². The molecule has 0 spiro atoms. The van der Waals surface area contributed by atoms with Crippen LogP contribution < -0.4 is 10.2 Å². The highest BCUT2D eigenvalue weighted by Crippen LogP contribution is 2.20. The van der Waals surface area contributed by atoms with Gasteiger partial charge in [0.05, 0.1) is 19.3 Å². The fraction of sp³-hybridized carbons (Fsp3) is 0.667. The Morgan fingerprint density at radius 3 is 2.89 bits per heavy atom. The van der Waals surface area contributed by atoms with Crippen molar-refractivity contribution >= 4 is 28.5 Å². The van der Waals surface area contributed by atoms with Gasteiger partial charge in [0.25, 0.3) is 0 Å². The van der Waals surface area contributed by atoms with E-state index in [0.717, 1.165) is 41.9 Å². The average Bonchev–Trinajstić information content (AvgIpc) is 3.22. The van der Waals surface area contributed by atoms with Gasteiger partial charge in [0.1, 0.15) is 0 Å². The first-order valence-corrected chi connectivity index (χ1v) is 7.46. The van der Waals surface area contributed by atoms with Crippen LogP contribution in [-0.2, 0) is 4.74 Å². The molecule has 1 saturated carbocycles. The first-order valence-electron chi connectivity index (χ1n) is 6.38.